The largest absolute Gasteiger partial charge is 0.277 e. The van der Waals surface area contributed by atoms with E-state index < -0.39 is 0 Å². The van der Waals surface area contributed by atoms with E-state index in [2.05, 4.69) is 108 Å². The lowest BCUT2D eigenvalue weighted by molar-refractivity contribution is 0.842. The summed E-state index contributed by atoms with van der Waals surface area (Å²) in [6, 6.07) is 37.5. The molecule has 10 rings (SSSR count). The third-order valence-corrected chi connectivity index (χ3v) is 10.5. The lowest BCUT2D eigenvalue weighted by atomic mass is 9.87. The maximum absolute atomic E-state index is 5.31. The molecule has 0 saturated heterocycles. The van der Waals surface area contributed by atoms with Crippen LogP contribution in [0.15, 0.2) is 103 Å². The van der Waals surface area contributed by atoms with E-state index in [1.54, 1.807) is 0 Å². The summed E-state index contributed by atoms with van der Waals surface area (Å²) in [5.41, 5.74) is 12.4. The molecule has 0 fully saturated rings. The number of nitrogens with zero attached hydrogens (tertiary/aromatic N) is 3. The number of fused-ring (bicyclic) bond motifs is 9. The second-order valence-corrected chi connectivity index (χ2v) is 12.8. The van der Waals surface area contributed by atoms with Crippen molar-refractivity contribution in [3.8, 4) is 28.5 Å². The number of hydrogen-bond donors (Lipinski definition) is 0. The van der Waals surface area contributed by atoms with Gasteiger partial charge in [0.1, 0.15) is 0 Å². The number of benzene rings is 5. The minimum atomic E-state index is 0.727. The normalized spacial score (nSPS) is 13.8. The number of thiophene rings is 1. The summed E-state index contributed by atoms with van der Waals surface area (Å²) >= 11 is 1.91. The molecule has 0 N–H and O–H groups in total. The second-order valence-electron chi connectivity index (χ2n) is 11.7. The quantitative estimate of drug-likeness (QED) is 0.217. The first-order chi connectivity index (χ1) is 20.8. The van der Waals surface area contributed by atoms with Crippen LogP contribution in [-0.2, 0) is 25.7 Å². The monoisotopic (exact) mass is 555 g/mol. The zero-order valence-electron chi connectivity index (χ0n) is 22.9. The molecule has 42 heavy (non-hydrogen) atoms. The first kappa shape index (κ1) is 22.8. The van der Waals surface area contributed by atoms with Gasteiger partial charge in [-0.15, -0.1) is 11.3 Å². The molecule has 5 aromatic carbocycles. The van der Waals surface area contributed by atoms with Crippen LogP contribution in [0.2, 0.25) is 0 Å². The van der Waals surface area contributed by atoms with Gasteiger partial charge in [-0.1, -0.05) is 66.7 Å². The van der Waals surface area contributed by atoms with Gasteiger partial charge in [-0.3, -0.25) is 4.57 Å². The van der Waals surface area contributed by atoms with Crippen LogP contribution in [-0.4, -0.2) is 14.5 Å². The van der Waals surface area contributed by atoms with Crippen LogP contribution in [0.1, 0.15) is 22.3 Å². The summed E-state index contributed by atoms with van der Waals surface area (Å²) in [6.07, 6.45) is 4.67. The van der Waals surface area contributed by atoms with Crippen molar-refractivity contribution < 1.29 is 0 Å². The smallest absolute Gasteiger partial charge is 0.235 e. The van der Waals surface area contributed by atoms with Crippen molar-refractivity contribution in [2.45, 2.75) is 25.7 Å². The van der Waals surface area contributed by atoms with Gasteiger partial charge in [0.2, 0.25) is 5.95 Å². The molecule has 0 saturated carbocycles. The Kier molecular flexibility index (Phi) is 4.55. The number of aryl methyl sites for hydroxylation is 4. The maximum atomic E-state index is 5.31. The fourth-order valence-electron chi connectivity index (χ4n) is 7.00. The Morgan fingerprint density at radius 2 is 1.12 bits per heavy atom. The summed E-state index contributed by atoms with van der Waals surface area (Å²) in [5, 5.41) is 5.27. The summed E-state index contributed by atoms with van der Waals surface area (Å²) < 4.78 is 5.07. The third-order valence-electron chi connectivity index (χ3n) is 9.38. The standard InChI is InChI=1S/C38H25N3S/c1-3-7-22(8-4-1)31-21-32(23-9-5-2-6-10-23)40-38(39-31)41-33-19-26-13-11-24(26)17-29(33)28-15-16-34-36(37(28)41)30-18-25-12-14-27(25)20-35(30)42-34/h1-10,15-21H,11-14H2. The van der Waals surface area contributed by atoms with E-state index in [-0.39, 0.29) is 0 Å². The molecular formula is C38H25N3S. The summed E-state index contributed by atoms with van der Waals surface area (Å²) in [7, 11) is 0. The van der Waals surface area contributed by atoms with Crippen LogP contribution in [0.5, 0.6) is 0 Å². The number of hydrogen-bond acceptors (Lipinski definition) is 3. The number of rotatable bonds is 3. The highest BCUT2D eigenvalue weighted by atomic mass is 32.1. The van der Waals surface area contributed by atoms with Crippen LogP contribution in [0, 0.1) is 0 Å². The van der Waals surface area contributed by atoms with E-state index >= 15 is 0 Å². The van der Waals surface area contributed by atoms with Crippen molar-refractivity contribution >= 4 is 53.3 Å². The van der Waals surface area contributed by atoms with Gasteiger partial charge in [0.25, 0.3) is 0 Å². The van der Waals surface area contributed by atoms with E-state index in [1.807, 2.05) is 11.3 Å². The minimum Gasteiger partial charge on any atom is -0.277 e. The topological polar surface area (TPSA) is 30.7 Å². The molecule has 2 aliphatic rings. The Labute approximate surface area is 246 Å². The van der Waals surface area contributed by atoms with E-state index in [4.69, 9.17) is 9.97 Å². The lowest BCUT2D eigenvalue weighted by Crippen LogP contribution is -2.09. The molecule has 3 aromatic heterocycles. The van der Waals surface area contributed by atoms with Gasteiger partial charge in [0, 0.05) is 42.1 Å². The minimum absolute atomic E-state index is 0.727. The van der Waals surface area contributed by atoms with Crippen LogP contribution in [0.4, 0.5) is 0 Å². The van der Waals surface area contributed by atoms with Gasteiger partial charge in [0.05, 0.1) is 22.4 Å². The van der Waals surface area contributed by atoms with E-state index in [9.17, 15) is 0 Å². The molecular weight excluding hydrogens is 531 g/mol. The fraction of sp³-hybridized carbons (Fsp3) is 0.105. The third kappa shape index (κ3) is 3.16. The SMILES string of the molecule is c1ccc(-c2cc(-c3ccccc3)nc(-n3c4cc5c(cc4c4ccc6sc7cc8c(cc7c6c43)CC8)CC5)n2)cc1. The van der Waals surface area contributed by atoms with Crippen molar-refractivity contribution in [1.82, 2.24) is 14.5 Å². The average molecular weight is 556 g/mol. The van der Waals surface area contributed by atoms with Gasteiger partial charge in [0.15, 0.2) is 0 Å². The van der Waals surface area contributed by atoms with E-state index in [0.717, 1.165) is 41.3 Å². The molecule has 0 unspecified atom stereocenters. The number of aromatic nitrogens is 3. The zero-order chi connectivity index (χ0) is 27.4. The van der Waals surface area contributed by atoms with Crippen molar-refractivity contribution in [2.75, 3.05) is 0 Å². The summed E-state index contributed by atoms with van der Waals surface area (Å²) in [5.74, 6) is 0.727. The molecule has 0 spiro atoms. The van der Waals surface area contributed by atoms with E-state index in [1.165, 1.54) is 77.1 Å². The highest BCUT2D eigenvalue weighted by Gasteiger charge is 2.25. The van der Waals surface area contributed by atoms with Gasteiger partial charge in [-0.25, -0.2) is 9.97 Å². The second kappa shape index (κ2) is 8.37. The molecule has 0 aliphatic heterocycles. The Morgan fingerprint density at radius 3 is 1.76 bits per heavy atom. The zero-order valence-corrected chi connectivity index (χ0v) is 23.7. The fourth-order valence-corrected chi connectivity index (χ4v) is 8.16. The van der Waals surface area contributed by atoms with Crippen molar-refractivity contribution in [1.29, 1.82) is 0 Å². The van der Waals surface area contributed by atoms with Crippen LogP contribution in [0.25, 0.3) is 70.4 Å². The van der Waals surface area contributed by atoms with E-state index in [0.29, 0.717) is 0 Å². The maximum Gasteiger partial charge on any atom is 0.235 e. The summed E-state index contributed by atoms with van der Waals surface area (Å²) in [4.78, 5) is 10.6. The highest BCUT2D eigenvalue weighted by Crippen LogP contribution is 2.45. The Morgan fingerprint density at radius 1 is 0.524 bits per heavy atom. The molecule has 3 nitrogen and oxygen atoms in total. The predicted octanol–water partition coefficient (Wildman–Crippen LogP) is 9.47. The van der Waals surface area contributed by atoms with Gasteiger partial charge in [-0.05, 0) is 84.3 Å². The molecule has 0 radical (unpaired) electrons. The average Bonchev–Trinajstić information content (AvgIpc) is 3.54. The van der Waals surface area contributed by atoms with Crippen molar-refractivity contribution in [2.24, 2.45) is 0 Å². The lowest BCUT2D eigenvalue weighted by Gasteiger charge is -2.19. The first-order valence-electron chi connectivity index (χ1n) is 14.8. The highest BCUT2D eigenvalue weighted by molar-refractivity contribution is 7.26. The molecule has 0 amide bonds. The molecule has 2 aliphatic carbocycles. The molecule has 3 heterocycles. The van der Waals surface area contributed by atoms with Crippen LogP contribution < -0.4 is 0 Å². The molecule has 8 aromatic rings. The Bertz CT molecular complexity index is 2340. The van der Waals surface area contributed by atoms with Crippen LogP contribution >= 0.6 is 11.3 Å². The molecule has 0 bridgehead atoms. The summed E-state index contributed by atoms with van der Waals surface area (Å²) in [6.45, 7) is 0. The molecule has 0 atom stereocenters. The van der Waals surface area contributed by atoms with Crippen molar-refractivity contribution in [3.05, 3.63) is 125 Å². The Hall–Kier alpha value is -4.80. The van der Waals surface area contributed by atoms with Gasteiger partial charge >= 0.3 is 0 Å². The van der Waals surface area contributed by atoms with Gasteiger partial charge in [-0.2, -0.15) is 0 Å². The first-order valence-corrected chi connectivity index (χ1v) is 15.6. The molecule has 4 heteroatoms. The molecule has 198 valence electrons. The van der Waals surface area contributed by atoms with Crippen molar-refractivity contribution in [3.63, 3.8) is 0 Å². The van der Waals surface area contributed by atoms with Gasteiger partial charge < -0.3 is 0 Å². The predicted molar refractivity (Wildman–Crippen MR) is 175 cm³/mol. The van der Waals surface area contributed by atoms with Crippen LogP contribution in [0.3, 0.4) is 0 Å². The Balaban J connectivity index is 1.37.